The normalized spacial score (nSPS) is 27.4. The molecule has 4 nitrogen and oxygen atoms in total. The van der Waals surface area contributed by atoms with Gasteiger partial charge >= 0.3 is 5.97 Å². The van der Waals surface area contributed by atoms with E-state index in [2.05, 4.69) is 24.3 Å². The molecule has 2 aliphatic heterocycles. The van der Waals surface area contributed by atoms with Gasteiger partial charge in [0.2, 0.25) is 0 Å². The zero-order valence-electron chi connectivity index (χ0n) is 15.4. The summed E-state index contributed by atoms with van der Waals surface area (Å²) in [7, 11) is 0. The van der Waals surface area contributed by atoms with Crippen LogP contribution >= 0.6 is 0 Å². The predicted molar refractivity (Wildman–Crippen MR) is 101 cm³/mol. The Labute approximate surface area is 156 Å². The van der Waals surface area contributed by atoms with Crippen molar-refractivity contribution in [3.8, 4) is 0 Å². The highest BCUT2D eigenvalue weighted by Crippen LogP contribution is 2.46. The molecule has 0 saturated carbocycles. The van der Waals surface area contributed by atoms with E-state index in [0.717, 1.165) is 32.3 Å². The molecule has 0 aliphatic carbocycles. The molecule has 0 radical (unpaired) electrons. The summed E-state index contributed by atoms with van der Waals surface area (Å²) in [5.41, 5.74) is 1.22. The number of carbonyl (C=O) groups is 1. The lowest BCUT2D eigenvalue weighted by atomic mass is 9.76. The Morgan fingerprint density at radius 2 is 1.92 bits per heavy atom. The van der Waals surface area contributed by atoms with Gasteiger partial charge in [-0.05, 0) is 55.9 Å². The van der Waals surface area contributed by atoms with Gasteiger partial charge in [0.25, 0.3) is 0 Å². The van der Waals surface area contributed by atoms with Crippen molar-refractivity contribution >= 4 is 5.97 Å². The monoisotopic (exact) mass is 358 g/mol. The molecule has 0 amide bonds. The molecule has 1 aromatic carbocycles. The van der Waals surface area contributed by atoms with Crippen LogP contribution in [0.1, 0.15) is 50.5 Å². The number of allylic oxidation sites excluding steroid dienone is 2. The first kappa shape index (κ1) is 19.1. The van der Waals surface area contributed by atoms with Gasteiger partial charge in [-0.25, -0.2) is 0 Å². The summed E-state index contributed by atoms with van der Waals surface area (Å²) in [6, 6.07) is 10.3. The van der Waals surface area contributed by atoms with Crippen molar-refractivity contribution in [1.29, 1.82) is 0 Å². The van der Waals surface area contributed by atoms with Crippen LogP contribution in [0.15, 0.2) is 42.5 Å². The molecule has 0 unspecified atom stereocenters. The third-order valence-electron chi connectivity index (χ3n) is 5.63. The standard InChI is InChI=1S/C22H30O4/c23-22(24)11-7-2-1-6-10-18-19(21-13-12-20(18)26-21)14-15-25-16-17-8-4-3-5-9-17/h1,3-6,8-9,18-21H,2,7,10-16H2,(H,23,24)/b6-1-/t18-,19+,20-,21+/m1/s1. The molecular formula is C22H30O4. The van der Waals surface area contributed by atoms with Crippen LogP contribution in [-0.4, -0.2) is 29.9 Å². The molecular weight excluding hydrogens is 328 g/mol. The van der Waals surface area contributed by atoms with Crippen molar-refractivity contribution in [2.24, 2.45) is 11.8 Å². The molecule has 1 N–H and O–H groups in total. The number of unbranched alkanes of at least 4 members (excludes halogenated alkanes) is 1. The molecule has 4 heteroatoms. The van der Waals surface area contributed by atoms with Gasteiger partial charge in [0.1, 0.15) is 0 Å². The number of carboxylic acids is 1. The van der Waals surface area contributed by atoms with Crippen LogP contribution in [0.2, 0.25) is 0 Å². The topological polar surface area (TPSA) is 55.8 Å². The van der Waals surface area contributed by atoms with Crippen molar-refractivity contribution in [3.05, 3.63) is 48.0 Å². The molecule has 4 atom stereocenters. The zero-order chi connectivity index (χ0) is 18.2. The fraction of sp³-hybridized carbons (Fsp3) is 0.591. The number of benzene rings is 1. The molecule has 142 valence electrons. The number of carboxylic acid groups (broad SMARTS) is 1. The summed E-state index contributed by atoms with van der Waals surface area (Å²) in [6.07, 6.45) is 11.5. The minimum Gasteiger partial charge on any atom is -0.481 e. The van der Waals surface area contributed by atoms with Crippen LogP contribution in [0.25, 0.3) is 0 Å². The van der Waals surface area contributed by atoms with E-state index in [4.69, 9.17) is 14.6 Å². The van der Waals surface area contributed by atoms with Crippen LogP contribution in [0.3, 0.4) is 0 Å². The Kier molecular flexibility index (Phi) is 7.27. The first-order chi connectivity index (χ1) is 12.7. The minimum absolute atomic E-state index is 0.253. The maximum Gasteiger partial charge on any atom is 0.303 e. The van der Waals surface area contributed by atoms with Crippen LogP contribution < -0.4 is 0 Å². The van der Waals surface area contributed by atoms with Crippen LogP contribution in [-0.2, 0) is 20.9 Å². The summed E-state index contributed by atoms with van der Waals surface area (Å²) >= 11 is 0. The average Bonchev–Trinajstić information content (AvgIpc) is 3.24. The van der Waals surface area contributed by atoms with E-state index in [9.17, 15) is 4.79 Å². The van der Waals surface area contributed by atoms with E-state index in [1.165, 1.54) is 18.4 Å². The molecule has 2 bridgehead atoms. The first-order valence-electron chi connectivity index (χ1n) is 9.88. The van der Waals surface area contributed by atoms with Crippen molar-refractivity contribution in [1.82, 2.24) is 0 Å². The van der Waals surface area contributed by atoms with Crippen molar-refractivity contribution in [2.75, 3.05) is 6.61 Å². The van der Waals surface area contributed by atoms with E-state index >= 15 is 0 Å². The molecule has 2 saturated heterocycles. The van der Waals surface area contributed by atoms with E-state index in [1.807, 2.05) is 18.2 Å². The summed E-state index contributed by atoms with van der Waals surface area (Å²) in [6.45, 7) is 1.46. The number of fused-ring (bicyclic) bond motifs is 2. The number of rotatable bonds is 11. The van der Waals surface area contributed by atoms with Gasteiger partial charge in [-0.2, -0.15) is 0 Å². The van der Waals surface area contributed by atoms with Gasteiger partial charge in [-0.1, -0.05) is 42.5 Å². The summed E-state index contributed by atoms with van der Waals surface area (Å²) in [4.78, 5) is 10.5. The molecule has 1 aromatic rings. The Balaban J connectivity index is 1.39. The SMILES string of the molecule is O=C(O)CCC/C=C\C[C@@H]1[C@H](CCOCc2ccccc2)[C@@H]2CC[C@H]1O2. The first-order valence-corrected chi connectivity index (χ1v) is 9.88. The lowest BCUT2D eigenvalue weighted by Crippen LogP contribution is -2.28. The van der Waals surface area contributed by atoms with Gasteiger partial charge in [-0.3, -0.25) is 4.79 Å². The number of ether oxygens (including phenoxy) is 2. The second kappa shape index (κ2) is 9.89. The summed E-state index contributed by atoms with van der Waals surface area (Å²) in [5.74, 6) is 0.466. The Morgan fingerprint density at radius 3 is 2.69 bits per heavy atom. The highest BCUT2D eigenvalue weighted by Gasteiger charge is 2.47. The van der Waals surface area contributed by atoms with E-state index < -0.39 is 5.97 Å². The smallest absolute Gasteiger partial charge is 0.303 e. The second-order valence-electron chi connectivity index (χ2n) is 7.44. The van der Waals surface area contributed by atoms with E-state index in [-0.39, 0.29) is 6.42 Å². The predicted octanol–water partition coefficient (Wildman–Crippen LogP) is 4.59. The highest BCUT2D eigenvalue weighted by atomic mass is 16.5. The summed E-state index contributed by atoms with van der Waals surface area (Å²) in [5, 5.41) is 8.67. The Bertz CT molecular complexity index is 583. The number of hydrogen-bond donors (Lipinski definition) is 1. The van der Waals surface area contributed by atoms with Gasteiger partial charge in [0.15, 0.2) is 0 Å². The fourth-order valence-electron chi connectivity index (χ4n) is 4.32. The molecule has 0 spiro atoms. The molecule has 2 heterocycles. The maximum atomic E-state index is 10.5. The van der Waals surface area contributed by atoms with Gasteiger partial charge in [0.05, 0.1) is 18.8 Å². The minimum atomic E-state index is -0.713. The van der Waals surface area contributed by atoms with Crippen molar-refractivity contribution < 1.29 is 19.4 Å². The molecule has 3 rings (SSSR count). The second-order valence-corrected chi connectivity index (χ2v) is 7.44. The molecule has 2 aliphatic rings. The lowest BCUT2D eigenvalue weighted by Gasteiger charge is -2.27. The molecule has 0 aromatic heterocycles. The number of aliphatic carboxylic acids is 1. The van der Waals surface area contributed by atoms with Gasteiger partial charge < -0.3 is 14.6 Å². The van der Waals surface area contributed by atoms with Crippen molar-refractivity contribution in [2.45, 2.75) is 63.8 Å². The third-order valence-corrected chi connectivity index (χ3v) is 5.63. The molecule has 26 heavy (non-hydrogen) atoms. The van der Waals surface area contributed by atoms with Gasteiger partial charge in [0, 0.05) is 13.0 Å². The van der Waals surface area contributed by atoms with Gasteiger partial charge in [-0.15, -0.1) is 0 Å². The lowest BCUT2D eigenvalue weighted by molar-refractivity contribution is -0.137. The highest BCUT2D eigenvalue weighted by molar-refractivity contribution is 5.66. The maximum absolute atomic E-state index is 10.5. The van der Waals surface area contributed by atoms with E-state index in [0.29, 0.717) is 30.7 Å². The zero-order valence-corrected chi connectivity index (χ0v) is 15.4. The van der Waals surface area contributed by atoms with Crippen LogP contribution in [0.5, 0.6) is 0 Å². The quantitative estimate of drug-likeness (QED) is 0.464. The number of hydrogen-bond acceptors (Lipinski definition) is 3. The Morgan fingerprint density at radius 1 is 1.15 bits per heavy atom. The van der Waals surface area contributed by atoms with Crippen LogP contribution in [0, 0.1) is 11.8 Å². The van der Waals surface area contributed by atoms with Crippen LogP contribution in [0.4, 0.5) is 0 Å². The van der Waals surface area contributed by atoms with Crippen molar-refractivity contribution in [3.63, 3.8) is 0 Å². The Hall–Kier alpha value is -1.65. The fourth-order valence-corrected chi connectivity index (χ4v) is 4.32. The largest absolute Gasteiger partial charge is 0.481 e. The summed E-state index contributed by atoms with van der Waals surface area (Å²) < 4.78 is 12.0. The molecule has 2 fully saturated rings. The van der Waals surface area contributed by atoms with E-state index in [1.54, 1.807) is 0 Å². The third kappa shape index (κ3) is 5.42. The average molecular weight is 358 g/mol.